The summed E-state index contributed by atoms with van der Waals surface area (Å²) in [6, 6.07) is 12.1. The number of aliphatic imine (C=N–C) groups is 1. The predicted octanol–water partition coefficient (Wildman–Crippen LogP) is 4.97. The van der Waals surface area contributed by atoms with Crippen LogP contribution in [0.25, 0.3) is 0 Å². The quantitative estimate of drug-likeness (QED) is 0.721. The number of carbonyl (C=O) groups excluding carboxylic acids is 1. The van der Waals surface area contributed by atoms with Gasteiger partial charge in [0.25, 0.3) is 0 Å². The fourth-order valence-corrected chi connectivity index (χ4v) is 4.79. The molecule has 0 bridgehead atoms. The molecule has 1 unspecified atom stereocenters. The van der Waals surface area contributed by atoms with Crippen molar-refractivity contribution in [1.29, 1.82) is 0 Å². The summed E-state index contributed by atoms with van der Waals surface area (Å²) in [6.45, 7) is 0. The number of pyridine rings is 1. The first-order valence-electron chi connectivity index (χ1n) is 9.26. The van der Waals surface area contributed by atoms with E-state index in [9.17, 15) is 4.79 Å². The summed E-state index contributed by atoms with van der Waals surface area (Å²) in [5.41, 5.74) is 3.41. The van der Waals surface area contributed by atoms with Crippen LogP contribution in [0.1, 0.15) is 55.2 Å². The van der Waals surface area contributed by atoms with E-state index in [0.29, 0.717) is 5.92 Å². The van der Waals surface area contributed by atoms with Crippen molar-refractivity contribution in [1.82, 2.24) is 4.98 Å². The zero-order valence-electron chi connectivity index (χ0n) is 15.0. The van der Waals surface area contributed by atoms with Gasteiger partial charge in [-0.3, -0.25) is 0 Å². The van der Waals surface area contributed by atoms with Gasteiger partial charge in [-0.1, -0.05) is 37.5 Å². The summed E-state index contributed by atoms with van der Waals surface area (Å²) in [5, 5.41) is 1.67. The molecule has 2 heterocycles. The van der Waals surface area contributed by atoms with Crippen LogP contribution >= 0.6 is 11.8 Å². The number of rotatable bonds is 3. The number of anilines is 1. The van der Waals surface area contributed by atoms with Gasteiger partial charge in [-0.2, -0.15) is 0 Å². The van der Waals surface area contributed by atoms with E-state index in [1.54, 1.807) is 6.20 Å². The van der Waals surface area contributed by atoms with Crippen molar-refractivity contribution in [3.05, 3.63) is 53.7 Å². The summed E-state index contributed by atoms with van der Waals surface area (Å²) >= 11 is 1.52. The number of hydrogen-bond donors (Lipinski definition) is 0. The molecule has 0 amide bonds. The highest BCUT2D eigenvalue weighted by Gasteiger charge is 2.25. The van der Waals surface area contributed by atoms with E-state index in [1.165, 1.54) is 49.4 Å². The predicted molar refractivity (Wildman–Crippen MR) is 107 cm³/mol. The lowest BCUT2D eigenvalue weighted by Gasteiger charge is -2.27. The highest BCUT2D eigenvalue weighted by Crippen LogP contribution is 2.36. The highest BCUT2D eigenvalue weighted by molar-refractivity contribution is 8.14. The molecule has 0 saturated heterocycles. The summed E-state index contributed by atoms with van der Waals surface area (Å²) in [7, 11) is 2.00. The number of fused-ring (bicyclic) bond motifs is 1. The molecule has 1 aliphatic carbocycles. The maximum atomic E-state index is 11.5. The number of aldehydes is 1. The molecule has 5 heteroatoms. The van der Waals surface area contributed by atoms with E-state index in [2.05, 4.69) is 34.2 Å². The van der Waals surface area contributed by atoms with Gasteiger partial charge >= 0.3 is 0 Å². The van der Waals surface area contributed by atoms with Crippen LogP contribution in [0.4, 0.5) is 5.69 Å². The topological polar surface area (TPSA) is 45.6 Å². The Morgan fingerprint density at radius 1 is 1.12 bits per heavy atom. The SMILES string of the molecule is CN(C1=NC(C=O)c2cccnc2S1)c1ccc(C2CCCCC2)cc1. The third-order valence-corrected chi connectivity index (χ3v) is 6.43. The first kappa shape index (κ1) is 17.3. The second kappa shape index (κ2) is 7.62. The minimum Gasteiger partial charge on any atom is -0.324 e. The molecular weight excluding hydrogens is 342 g/mol. The standard InChI is InChI=1S/C21H23N3OS/c1-24(17-11-9-16(10-12-17)15-6-3-2-4-7-15)21-23-19(14-25)18-8-5-13-22-20(18)26-21/h5,8-15,19H,2-4,6-7H2,1H3. The molecule has 134 valence electrons. The lowest BCUT2D eigenvalue weighted by molar-refractivity contribution is -0.109. The van der Waals surface area contributed by atoms with Crippen LogP contribution in [0.2, 0.25) is 0 Å². The largest absolute Gasteiger partial charge is 0.324 e. The Bertz CT molecular complexity index is 812. The first-order valence-corrected chi connectivity index (χ1v) is 10.1. The van der Waals surface area contributed by atoms with Gasteiger partial charge < -0.3 is 9.69 Å². The van der Waals surface area contributed by atoms with Gasteiger partial charge in [-0.15, -0.1) is 0 Å². The minimum atomic E-state index is -0.473. The maximum absolute atomic E-state index is 11.5. The Labute approximate surface area is 158 Å². The summed E-state index contributed by atoms with van der Waals surface area (Å²) in [4.78, 5) is 22.6. The van der Waals surface area contributed by atoms with Gasteiger partial charge in [0.05, 0.1) is 0 Å². The Balaban J connectivity index is 1.55. The molecule has 1 atom stereocenters. The van der Waals surface area contributed by atoms with E-state index in [0.717, 1.165) is 27.7 Å². The number of amidine groups is 1. The van der Waals surface area contributed by atoms with Crippen molar-refractivity contribution in [3.8, 4) is 0 Å². The summed E-state index contributed by atoms with van der Waals surface area (Å²) < 4.78 is 0. The third-order valence-electron chi connectivity index (χ3n) is 5.33. The van der Waals surface area contributed by atoms with E-state index < -0.39 is 6.04 Å². The molecule has 2 aliphatic rings. The Morgan fingerprint density at radius 3 is 2.62 bits per heavy atom. The molecule has 0 N–H and O–H groups in total. The van der Waals surface area contributed by atoms with Crippen molar-refractivity contribution in [3.63, 3.8) is 0 Å². The molecule has 4 nitrogen and oxygen atoms in total. The van der Waals surface area contributed by atoms with Crippen molar-refractivity contribution < 1.29 is 4.79 Å². The van der Waals surface area contributed by atoms with Crippen molar-refractivity contribution >= 4 is 28.9 Å². The van der Waals surface area contributed by atoms with Gasteiger partial charge in [0.1, 0.15) is 17.4 Å². The first-order chi connectivity index (χ1) is 12.8. The third kappa shape index (κ3) is 3.40. The summed E-state index contributed by atoms with van der Waals surface area (Å²) in [6.07, 6.45) is 9.33. The molecule has 2 aromatic rings. The normalized spacial score (nSPS) is 20.2. The fourth-order valence-electron chi connectivity index (χ4n) is 3.79. The van der Waals surface area contributed by atoms with Crippen LogP contribution in [0, 0.1) is 0 Å². The smallest absolute Gasteiger partial charge is 0.170 e. The maximum Gasteiger partial charge on any atom is 0.170 e. The van der Waals surface area contributed by atoms with Crippen molar-refractivity contribution in [2.45, 2.75) is 49.1 Å². The average molecular weight is 366 g/mol. The molecule has 1 aromatic heterocycles. The Hall–Kier alpha value is -2.14. The number of aromatic nitrogens is 1. The number of thioether (sulfide) groups is 1. The number of benzene rings is 1. The lowest BCUT2D eigenvalue weighted by Crippen LogP contribution is -2.27. The minimum absolute atomic E-state index is 0.473. The van der Waals surface area contributed by atoms with Crippen LogP contribution in [-0.4, -0.2) is 23.5 Å². The number of hydrogen-bond acceptors (Lipinski definition) is 5. The van der Waals surface area contributed by atoms with Gasteiger partial charge in [-0.25, -0.2) is 9.98 Å². The zero-order valence-corrected chi connectivity index (χ0v) is 15.8. The monoisotopic (exact) mass is 365 g/mol. The zero-order chi connectivity index (χ0) is 17.9. The van der Waals surface area contributed by atoms with Crippen LogP contribution in [0.15, 0.2) is 52.6 Å². The number of nitrogens with zero attached hydrogens (tertiary/aromatic N) is 3. The molecule has 1 saturated carbocycles. The molecule has 4 rings (SSSR count). The molecule has 1 aromatic carbocycles. The Kier molecular flexibility index (Phi) is 5.07. The van der Waals surface area contributed by atoms with Crippen LogP contribution in [0.5, 0.6) is 0 Å². The second-order valence-electron chi connectivity index (χ2n) is 6.98. The van der Waals surface area contributed by atoms with E-state index in [4.69, 9.17) is 0 Å². The molecule has 1 aliphatic heterocycles. The second-order valence-corrected chi connectivity index (χ2v) is 7.93. The molecule has 0 radical (unpaired) electrons. The number of carbonyl (C=O) groups is 1. The van der Waals surface area contributed by atoms with E-state index >= 15 is 0 Å². The van der Waals surface area contributed by atoms with Crippen molar-refractivity contribution in [2.24, 2.45) is 4.99 Å². The fraction of sp³-hybridized carbons (Fsp3) is 0.381. The van der Waals surface area contributed by atoms with E-state index in [1.807, 2.05) is 24.1 Å². The van der Waals surface area contributed by atoms with Gasteiger partial charge in [0.15, 0.2) is 5.17 Å². The van der Waals surface area contributed by atoms with Gasteiger partial charge in [0, 0.05) is 24.5 Å². The van der Waals surface area contributed by atoms with E-state index in [-0.39, 0.29) is 0 Å². The molecule has 1 fully saturated rings. The molecular formula is C21H23N3OS. The highest BCUT2D eigenvalue weighted by atomic mass is 32.2. The van der Waals surface area contributed by atoms with Crippen molar-refractivity contribution in [2.75, 3.05) is 11.9 Å². The summed E-state index contributed by atoms with van der Waals surface area (Å²) in [5.74, 6) is 0.708. The van der Waals surface area contributed by atoms with Gasteiger partial charge in [-0.05, 0) is 54.3 Å². The van der Waals surface area contributed by atoms with Gasteiger partial charge in [0.2, 0.25) is 0 Å². The molecule has 0 spiro atoms. The lowest BCUT2D eigenvalue weighted by atomic mass is 9.84. The Morgan fingerprint density at radius 2 is 1.88 bits per heavy atom. The van der Waals surface area contributed by atoms with Crippen LogP contribution in [0.3, 0.4) is 0 Å². The van der Waals surface area contributed by atoms with Crippen LogP contribution < -0.4 is 4.90 Å². The average Bonchev–Trinajstić information content (AvgIpc) is 2.73. The molecule has 26 heavy (non-hydrogen) atoms. The van der Waals surface area contributed by atoms with Crippen LogP contribution in [-0.2, 0) is 4.79 Å².